The van der Waals surface area contributed by atoms with Crippen molar-refractivity contribution in [1.29, 1.82) is 0 Å². The van der Waals surface area contributed by atoms with Crippen molar-refractivity contribution in [3.8, 4) is 11.1 Å². The van der Waals surface area contributed by atoms with Gasteiger partial charge in [-0.05, 0) is 47.4 Å². The van der Waals surface area contributed by atoms with Gasteiger partial charge in [0.2, 0.25) is 5.60 Å². The van der Waals surface area contributed by atoms with E-state index in [4.69, 9.17) is 11.6 Å². The summed E-state index contributed by atoms with van der Waals surface area (Å²) in [6, 6.07) is 15.0. The molecule has 2 aromatic heterocycles. The highest BCUT2D eigenvalue weighted by Crippen LogP contribution is 2.40. The third-order valence-corrected chi connectivity index (χ3v) is 5.47. The smallest absolute Gasteiger partial charge is 0.375 e. The zero-order chi connectivity index (χ0) is 22.2. The van der Waals surface area contributed by atoms with E-state index in [2.05, 4.69) is 15.3 Å². The van der Waals surface area contributed by atoms with Gasteiger partial charge in [0, 0.05) is 16.6 Å². The largest absolute Gasteiger partial charge is 0.423 e. The molecule has 1 unspecified atom stereocenters. The first-order chi connectivity index (χ1) is 14.7. The molecule has 0 aliphatic heterocycles. The van der Waals surface area contributed by atoms with Crippen LogP contribution >= 0.6 is 11.6 Å². The van der Waals surface area contributed by atoms with E-state index < -0.39 is 23.9 Å². The van der Waals surface area contributed by atoms with Crippen molar-refractivity contribution in [3.05, 3.63) is 77.2 Å². The van der Waals surface area contributed by atoms with Gasteiger partial charge in [-0.1, -0.05) is 48.0 Å². The molecule has 0 fully saturated rings. The molecule has 1 N–H and O–H groups in total. The summed E-state index contributed by atoms with van der Waals surface area (Å²) in [5.74, 6) is 0. The molecular weight excluding hydrogens is 429 g/mol. The van der Waals surface area contributed by atoms with Crippen LogP contribution in [-0.2, 0) is 12.1 Å². The minimum atomic E-state index is -4.84. The van der Waals surface area contributed by atoms with Crippen molar-refractivity contribution >= 4 is 22.5 Å². The molecule has 2 aromatic carbocycles. The minimum Gasteiger partial charge on any atom is -0.375 e. The van der Waals surface area contributed by atoms with Crippen molar-refractivity contribution in [2.75, 3.05) is 0 Å². The van der Waals surface area contributed by atoms with Gasteiger partial charge in [0.1, 0.15) is 5.69 Å². The summed E-state index contributed by atoms with van der Waals surface area (Å²) in [5, 5.41) is 18.9. The standard InChI is InChI=1S/C22H18ClF3N4O/c1-2-21(31,22(24,25)26)20-13-30(29-28-20)12-14-6-7-18-17(8-9-27-19(18)10-14)15-4-3-5-16(23)11-15/h3-11,13,31H,2,12H2,1H3. The van der Waals surface area contributed by atoms with Crippen LogP contribution in [0.25, 0.3) is 22.0 Å². The van der Waals surface area contributed by atoms with Crippen molar-refractivity contribution in [3.63, 3.8) is 0 Å². The lowest BCUT2D eigenvalue weighted by Crippen LogP contribution is -2.42. The first kappa shape index (κ1) is 21.3. The second kappa shape index (κ2) is 7.94. The van der Waals surface area contributed by atoms with Crippen LogP contribution in [0.4, 0.5) is 13.2 Å². The van der Waals surface area contributed by atoms with Crippen molar-refractivity contribution < 1.29 is 18.3 Å². The maximum Gasteiger partial charge on any atom is 0.423 e. The van der Waals surface area contributed by atoms with Crippen LogP contribution in [0.2, 0.25) is 5.02 Å². The fraction of sp³-hybridized carbons (Fsp3) is 0.227. The maximum atomic E-state index is 13.3. The molecule has 0 amide bonds. The van der Waals surface area contributed by atoms with Crippen LogP contribution in [0.1, 0.15) is 24.6 Å². The van der Waals surface area contributed by atoms with Gasteiger partial charge in [0.15, 0.2) is 0 Å². The van der Waals surface area contributed by atoms with Crippen LogP contribution in [-0.4, -0.2) is 31.3 Å². The molecular formula is C22H18ClF3N4O. The van der Waals surface area contributed by atoms with Crippen molar-refractivity contribution in [1.82, 2.24) is 20.0 Å². The maximum absolute atomic E-state index is 13.3. The summed E-state index contributed by atoms with van der Waals surface area (Å²) >= 11 is 6.11. The van der Waals surface area contributed by atoms with Gasteiger partial charge in [-0.3, -0.25) is 4.98 Å². The zero-order valence-corrected chi connectivity index (χ0v) is 17.2. The van der Waals surface area contributed by atoms with Gasteiger partial charge in [0.25, 0.3) is 0 Å². The SMILES string of the molecule is CCC(O)(c1cn(Cc2ccc3c(-c4cccc(Cl)c4)ccnc3c2)nn1)C(F)(F)F. The van der Waals surface area contributed by atoms with Crippen LogP contribution < -0.4 is 0 Å². The summed E-state index contributed by atoms with van der Waals surface area (Å²) < 4.78 is 41.0. The van der Waals surface area contributed by atoms with Crippen LogP contribution in [0.5, 0.6) is 0 Å². The van der Waals surface area contributed by atoms with Crippen LogP contribution in [0.15, 0.2) is 60.9 Å². The molecule has 1 atom stereocenters. The summed E-state index contributed by atoms with van der Waals surface area (Å²) in [6.45, 7) is 1.43. The Kier molecular flexibility index (Phi) is 5.45. The molecule has 9 heteroatoms. The lowest BCUT2D eigenvalue weighted by molar-refractivity contribution is -0.269. The number of hydrogen-bond donors (Lipinski definition) is 1. The molecule has 2 heterocycles. The second-order valence-electron chi connectivity index (χ2n) is 7.23. The van der Waals surface area contributed by atoms with Crippen molar-refractivity contribution in [2.45, 2.75) is 31.7 Å². The van der Waals surface area contributed by atoms with Gasteiger partial charge in [-0.25, -0.2) is 4.68 Å². The van der Waals surface area contributed by atoms with Gasteiger partial charge in [0.05, 0.1) is 18.3 Å². The molecule has 0 saturated carbocycles. The molecule has 5 nitrogen and oxygen atoms in total. The Bertz CT molecular complexity index is 1240. The van der Waals surface area contributed by atoms with E-state index in [0.717, 1.165) is 33.8 Å². The highest BCUT2D eigenvalue weighted by molar-refractivity contribution is 6.30. The minimum absolute atomic E-state index is 0.184. The number of alkyl halides is 3. The molecule has 0 saturated heterocycles. The zero-order valence-electron chi connectivity index (χ0n) is 16.4. The van der Waals surface area contributed by atoms with Gasteiger partial charge in [-0.2, -0.15) is 13.2 Å². The Labute approximate surface area is 181 Å². The number of pyridine rings is 1. The average molecular weight is 447 g/mol. The first-order valence-corrected chi connectivity index (χ1v) is 9.92. The van der Waals surface area contributed by atoms with Gasteiger partial charge < -0.3 is 5.11 Å². The molecule has 160 valence electrons. The first-order valence-electron chi connectivity index (χ1n) is 9.54. The number of nitrogens with zero attached hydrogens (tertiary/aromatic N) is 4. The topological polar surface area (TPSA) is 63.8 Å². The van der Waals surface area contributed by atoms with E-state index >= 15 is 0 Å². The average Bonchev–Trinajstić information content (AvgIpc) is 3.20. The summed E-state index contributed by atoms with van der Waals surface area (Å²) in [4.78, 5) is 4.42. The third kappa shape index (κ3) is 4.00. The Balaban J connectivity index is 1.65. The molecule has 0 bridgehead atoms. The number of halogens is 4. The summed E-state index contributed by atoms with van der Waals surface area (Å²) in [7, 11) is 0. The van der Waals surface area contributed by atoms with E-state index in [-0.39, 0.29) is 6.54 Å². The Morgan fingerprint density at radius 2 is 1.90 bits per heavy atom. The monoisotopic (exact) mass is 446 g/mol. The van der Waals surface area contributed by atoms with Crippen LogP contribution in [0.3, 0.4) is 0 Å². The van der Waals surface area contributed by atoms with E-state index in [1.54, 1.807) is 12.3 Å². The number of hydrogen-bond acceptors (Lipinski definition) is 4. The summed E-state index contributed by atoms with van der Waals surface area (Å²) in [5.41, 5.74) is -0.103. The molecule has 0 aliphatic rings. The third-order valence-electron chi connectivity index (χ3n) is 5.23. The van der Waals surface area contributed by atoms with E-state index in [9.17, 15) is 18.3 Å². The fourth-order valence-electron chi connectivity index (χ4n) is 3.48. The Hall–Kier alpha value is -2.97. The molecule has 4 rings (SSSR count). The predicted octanol–water partition coefficient (Wildman–Crippen LogP) is 5.35. The quantitative estimate of drug-likeness (QED) is 0.448. The molecule has 31 heavy (non-hydrogen) atoms. The molecule has 0 spiro atoms. The molecule has 4 aromatic rings. The number of benzene rings is 2. The number of fused-ring (bicyclic) bond motifs is 1. The molecule has 0 radical (unpaired) electrons. The number of rotatable bonds is 5. The normalized spacial score (nSPS) is 14.0. The Morgan fingerprint density at radius 3 is 2.61 bits per heavy atom. The van der Waals surface area contributed by atoms with Gasteiger partial charge >= 0.3 is 6.18 Å². The fourth-order valence-corrected chi connectivity index (χ4v) is 3.67. The van der Waals surface area contributed by atoms with Gasteiger partial charge in [-0.15, -0.1) is 5.10 Å². The number of aliphatic hydroxyl groups is 1. The predicted molar refractivity (Wildman–Crippen MR) is 112 cm³/mol. The van der Waals surface area contributed by atoms with E-state index in [0.29, 0.717) is 5.02 Å². The summed E-state index contributed by atoms with van der Waals surface area (Å²) in [6.07, 6.45) is -2.58. The van der Waals surface area contributed by atoms with Crippen LogP contribution in [0, 0.1) is 0 Å². The molecule has 0 aliphatic carbocycles. The van der Waals surface area contributed by atoms with E-state index in [1.165, 1.54) is 11.6 Å². The highest BCUT2D eigenvalue weighted by atomic mass is 35.5. The lowest BCUT2D eigenvalue weighted by Gasteiger charge is -2.26. The highest BCUT2D eigenvalue weighted by Gasteiger charge is 2.55. The van der Waals surface area contributed by atoms with E-state index in [1.807, 2.05) is 42.5 Å². The second-order valence-corrected chi connectivity index (χ2v) is 7.67. The number of aromatic nitrogens is 4. The lowest BCUT2D eigenvalue weighted by atomic mass is 9.96. The Morgan fingerprint density at radius 1 is 1.10 bits per heavy atom. The van der Waals surface area contributed by atoms with Crippen molar-refractivity contribution in [2.24, 2.45) is 0 Å².